The highest BCUT2D eigenvalue weighted by Gasteiger charge is 2.22. The van der Waals surface area contributed by atoms with Gasteiger partial charge in [-0.05, 0) is 135 Å². The van der Waals surface area contributed by atoms with Gasteiger partial charge in [-0.25, -0.2) is 4.98 Å². The van der Waals surface area contributed by atoms with Gasteiger partial charge in [0, 0.05) is 104 Å². The molecule has 56 heavy (non-hydrogen) atoms. The molecule has 7 rings (SSSR count). The van der Waals surface area contributed by atoms with Gasteiger partial charge < -0.3 is 27.7 Å². The fourth-order valence-corrected chi connectivity index (χ4v) is 8.06. The lowest BCUT2D eigenvalue weighted by Crippen LogP contribution is -2.09. The molecule has 0 radical (unpaired) electrons. The van der Waals surface area contributed by atoms with Gasteiger partial charge in [0.15, 0.2) is 0 Å². The first-order valence-corrected chi connectivity index (χ1v) is 19.9. The summed E-state index contributed by atoms with van der Waals surface area (Å²) in [4.78, 5) is 36.6. The summed E-state index contributed by atoms with van der Waals surface area (Å²) in [5.41, 5.74) is 13.5. The van der Waals surface area contributed by atoms with Gasteiger partial charge in [0.1, 0.15) is 0 Å². The molecule has 0 aromatic carbocycles. The Kier molecular flexibility index (Phi) is 11.7. The maximum Gasteiger partial charge on any atom is 0.306 e. The predicted octanol–water partition coefficient (Wildman–Crippen LogP) is 8.81. The largest absolute Gasteiger partial charge is 0.466 e. The van der Waals surface area contributed by atoms with Crippen LogP contribution in [0, 0.1) is 13.8 Å². The molecular formula is C46H54N6O4. The van der Waals surface area contributed by atoms with Crippen molar-refractivity contribution in [1.82, 2.24) is 28.2 Å². The molecule has 2 aliphatic rings. The zero-order valence-corrected chi connectivity index (χ0v) is 33.7. The summed E-state index contributed by atoms with van der Waals surface area (Å²) in [6.07, 6.45) is 12.0. The van der Waals surface area contributed by atoms with Crippen molar-refractivity contribution in [2.75, 3.05) is 13.2 Å². The highest BCUT2D eigenvalue weighted by Crippen LogP contribution is 2.36. The van der Waals surface area contributed by atoms with Gasteiger partial charge in [-0.15, -0.1) is 0 Å². The van der Waals surface area contributed by atoms with Gasteiger partial charge in [-0.3, -0.25) is 14.6 Å². The summed E-state index contributed by atoms with van der Waals surface area (Å²) in [6.45, 7) is 11.0. The predicted molar refractivity (Wildman–Crippen MR) is 222 cm³/mol. The zero-order chi connectivity index (χ0) is 39.3. The number of allylic oxidation sites excluding steroid dienone is 2. The second kappa shape index (κ2) is 17.0. The van der Waals surface area contributed by atoms with Crippen LogP contribution >= 0.6 is 0 Å². The Morgan fingerprint density at radius 1 is 0.714 bits per heavy atom. The van der Waals surface area contributed by atoms with Crippen molar-refractivity contribution in [3.8, 4) is 0 Å². The molecule has 2 aliphatic heterocycles. The molecule has 0 saturated heterocycles. The molecule has 0 amide bonds. The van der Waals surface area contributed by atoms with E-state index < -0.39 is 0 Å². The molecule has 10 nitrogen and oxygen atoms in total. The van der Waals surface area contributed by atoms with E-state index in [-0.39, 0.29) is 30.7 Å². The summed E-state index contributed by atoms with van der Waals surface area (Å²) in [5.74, 6) is -0.159. The second-order valence-electron chi connectivity index (χ2n) is 15.3. The molecular weight excluding hydrogens is 701 g/mol. The third-order valence-electron chi connectivity index (χ3n) is 11.3. The van der Waals surface area contributed by atoms with E-state index in [1.165, 1.54) is 5.56 Å². The molecule has 0 saturated carbocycles. The third kappa shape index (κ3) is 8.59. The van der Waals surface area contributed by atoms with Crippen LogP contribution in [-0.4, -0.2) is 53.4 Å². The van der Waals surface area contributed by atoms with Gasteiger partial charge >= 0.3 is 11.9 Å². The Morgan fingerprint density at radius 2 is 1.34 bits per heavy atom. The van der Waals surface area contributed by atoms with Crippen molar-refractivity contribution in [2.45, 2.75) is 91.6 Å². The number of nitrogens with zero attached hydrogens (tertiary/aromatic N) is 6. The normalized spacial score (nSPS) is 14.1. The van der Waals surface area contributed by atoms with Crippen LogP contribution in [0.25, 0.3) is 33.2 Å². The van der Waals surface area contributed by atoms with E-state index in [2.05, 4.69) is 90.4 Å². The Morgan fingerprint density at radius 3 is 1.98 bits per heavy atom. The standard InChI is InChI=1S/C46H54N6O4/c1-31-25-35-27-42-32(2)26-36(49(42)5)28-40-33(3)37(13-15-45(53)55-23-11-21-51-17-7-8-18-51)41(48-40)30-44-38(34(4)43(50(44)6)29-39(31)47-35)14-16-46(54)56-24-12-22-52-19-9-10-20-52/h7-10,17-20,26-31H,11-16,21-25H2,1-6H3. The monoisotopic (exact) mass is 754 g/mol. The van der Waals surface area contributed by atoms with Crippen LogP contribution < -0.4 is 0 Å². The molecule has 1 unspecified atom stereocenters. The van der Waals surface area contributed by atoms with E-state index in [1.54, 1.807) is 0 Å². The highest BCUT2D eigenvalue weighted by atomic mass is 16.5. The highest BCUT2D eigenvalue weighted by molar-refractivity contribution is 5.94. The lowest BCUT2D eigenvalue weighted by atomic mass is 10.0. The molecule has 0 aliphatic carbocycles. The summed E-state index contributed by atoms with van der Waals surface area (Å²) < 4.78 is 20.0. The maximum atomic E-state index is 13.1. The summed E-state index contributed by atoms with van der Waals surface area (Å²) in [6, 6.07) is 18.9. The van der Waals surface area contributed by atoms with E-state index >= 15 is 0 Å². The number of carbonyl (C=O) groups is 2. The summed E-state index contributed by atoms with van der Waals surface area (Å²) >= 11 is 0. The topological polar surface area (TPSA) is 98.1 Å². The fraction of sp³-hybridized carbons (Fsp3) is 0.391. The molecule has 5 aromatic rings. The van der Waals surface area contributed by atoms with Crippen LogP contribution in [0.15, 0.2) is 79.4 Å². The average molecular weight is 755 g/mol. The van der Waals surface area contributed by atoms with Crippen LogP contribution in [0.5, 0.6) is 0 Å². The van der Waals surface area contributed by atoms with Gasteiger partial charge in [0.25, 0.3) is 0 Å². The van der Waals surface area contributed by atoms with Crippen LogP contribution in [-0.2, 0) is 59.1 Å². The van der Waals surface area contributed by atoms with Crippen molar-refractivity contribution in [2.24, 2.45) is 14.1 Å². The minimum atomic E-state index is -0.215. The quantitative estimate of drug-likeness (QED) is 0.0831. The number of aryl methyl sites for hydroxylation is 7. The van der Waals surface area contributed by atoms with E-state index in [0.717, 1.165) is 99.5 Å². The SMILES string of the molecule is CC1=C(CCC(=O)OCCCn2cccc2)c2cc3c(CCC(=O)OCCCn4cccc4)c(C)c(cc4nc(cc5c(C)cc(cc1n2)n5C)CC4C)n3C. The zero-order valence-electron chi connectivity index (χ0n) is 33.7. The molecule has 10 heteroatoms. The van der Waals surface area contributed by atoms with E-state index in [0.29, 0.717) is 26.1 Å². The van der Waals surface area contributed by atoms with Crippen LogP contribution in [0.4, 0.5) is 0 Å². The second-order valence-corrected chi connectivity index (χ2v) is 15.3. The Labute approximate surface area is 329 Å². The number of esters is 2. The number of carbonyl (C=O) groups excluding carboxylic acids is 2. The van der Waals surface area contributed by atoms with E-state index in [1.807, 2.05) is 49.1 Å². The molecule has 1 atom stereocenters. The molecule has 292 valence electrons. The van der Waals surface area contributed by atoms with Crippen molar-refractivity contribution in [3.05, 3.63) is 119 Å². The van der Waals surface area contributed by atoms with E-state index in [9.17, 15) is 9.59 Å². The van der Waals surface area contributed by atoms with Gasteiger partial charge in [-0.2, -0.15) is 0 Å². The molecule has 8 bridgehead atoms. The number of hydrogen-bond acceptors (Lipinski definition) is 6. The number of rotatable bonds is 14. The summed E-state index contributed by atoms with van der Waals surface area (Å²) in [7, 11) is 4.17. The van der Waals surface area contributed by atoms with Gasteiger partial charge in [-0.1, -0.05) is 6.92 Å². The van der Waals surface area contributed by atoms with Crippen LogP contribution in [0.1, 0.15) is 91.3 Å². The van der Waals surface area contributed by atoms with Crippen molar-refractivity contribution in [1.29, 1.82) is 0 Å². The van der Waals surface area contributed by atoms with Crippen molar-refractivity contribution in [3.63, 3.8) is 0 Å². The smallest absolute Gasteiger partial charge is 0.306 e. The maximum absolute atomic E-state index is 13.1. The van der Waals surface area contributed by atoms with E-state index in [4.69, 9.17) is 19.4 Å². The molecule has 7 heterocycles. The minimum Gasteiger partial charge on any atom is -0.466 e. The molecule has 0 N–H and O–H groups in total. The molecule has 5 aromatic heterocycles. The van der Waals surface area contributed by atoms with Crippen LogP contribution in [0.2, 0.25) is 0 Å². The fourth-order valence-electron chi connectivity index (χ4n) is 8.06. The first-order chi connectivity index (χ1) is 27.0. The number of fused-ring (bicyclic) bond motifs is 8. The Bertz CT molecular complexity index is 2410. The van der Waals surface area contributed by atoms with Crippen molar-refractivity contribution >= 4 is 45.2 Å². The van der Waals surface area contributed by atoms with Crippen molar-refractivity contribution < 1.29 is 19.1 Å². The number of aromatic nitrogens is 6. The average Bonchev–Trinajstić information content (AvgIpc) is 4.04. The molecule has 0 spiro atoms. The van der Waals surface area contributed by atoms with Gasteiger partial charge in [0.05, 0.1) is 24.6 Å². The number of hydrogen-bond donors (Lipinski definition) is 0. The molecule has 0 fully saturated rings. The lowest BCUT2D eigenvalue weighted by Gasteiger charge is -2.08. The lowest BCUT2D eigenvalue weighted by molar-refractivity contribution is -0.144. The summed E-state index contributed by atoms with van der Waals surface area (Å²) in [5, 5.41) is 0. The Hall–Kier alpha value is -5.64. The first-order valence-electron chi connectivity index (χ1n) is 19.9. The minimum absolute atomic E-state index is 0.206. The first kappa shape index (κ1) is 38.6. The Balaban J connectivity index is 1.25. The van der Waals surface area contributed by atoms with Gasteiger partial charge in [0.2, 0.25) is 0 Å². The number of ether oxygens (including phenoxy) is 2. The van der Waals surface area contributed by atoms with Crippen LogP contribution in [0.3, 0.4) is 0 Å². The third-order valence-corrected chi connectivity index (χ3v) is 11.3.